The molecule has 21 heavy (non-hydrogen) atoms. The Morgan fingerprint density at radius 3 is 2.43 bits per heavy atom. The van der Waals surface area contributed by atoms with Crippen molar-refractivity contribution in [2.75, 3.05) is 24.2 Å². The minimum Gasteiger partial charge on any atom is -0.382 e. The van der Waals surface area contributed by atoms with E-state index < -0.39 is 0 Å². The van der Waals surface area contributed by atoms with Crippen LogP contribution in [0, 0.1) is 10.1 Å². The largest absolute Gasteiger partial charge is 0.382 e. The van der Waals surface area contributed by atoms with Gasteiger partial charge >= 0.3 is 5.69 Å². The van der Waals surface area contributed by atoms with Crippen LogP contribution in [0.5, 0.6) is 0 Å². The van der Waals surface area contributed by atoms with Crippen LogP contribution in [0.25, 0.3) is 0 Å². The molecular formula is C15H16ClN3O2. The second-order valence-corrected chi connectivity index (χ2v) is 4.95. The fourth-order valence-corrected chi connectivity index (χ4v) is 2.20. The normalized spacial score (nSPS) is 10.2. The van der Waals surface area contributed by atoms with Crippen LogP contribution < -0.4 is 10.6 Å². The highest BCUT2D eigenvalue weighted by molar-refractivity contribution is 6.30. The van der Waals surface area contributed by atoms with E-state index >= 15 is 0 Å². The average Bonchev–Trinajstić information content (AvgIpc) is 2.48. The fourth-order valence-electron chi connectivity index (χ4n) is 2.08. The highest BCUT2D eigenvalue weighted by Crippen LogP contribution is 2.32. The van der Waals surface area contributed by atoms with Gasteiger partial charge in [-0.1, -0.05) is 29.8 Å². The Morgan fingerprint density at radius 1 is 1.14 bits per heavy atom. The molecule has 0 aliphatic heterocycles. The summed E-state index contributed by atoms with van der Waals surface area (Å²) in [5.74, 6) is 0. The topological polar surface area (TPSA) is 67.2 Å². The molecule has 0 radical (unpaired) electrons. The maximum absolute atomic E-state index is 11.2. The fraction of sp³-hybridized carbons (Fsp3) is 0.200. The zero-order valence-corrected chi connectivity index (χ0v) is 12.4. The van der Waals surface area contributed by atoms with E-state index in [4.69, 9.17) is 11.6 Å². The molecule has 5 nitrogen and oxygen atoms in total. The van der Waals surface area contributed by atoms with Crippen molar-refractivity contribution in [2.45, 2.75) is 6.42 Å². The summed E-state index contributed by atoms with van der Waals surface area (Å²) in [6.45, 7) is 0.607. The van der Waals surface area contributed by atoms with E-state index in [0.717, 1.165) is 12.0 Å². The minimum absolute atomic E-state index is 0.0658. The van der Waals surface area contributed by atoms with Crippen molar-refractivity contribution in [3.63, 3.8) is 0 Å². The quantitative estimate of drug-likeness (QED) is 0.626. The average molecular weight is 306 g/mol. The molecule has 110 valence electrons. The van der Waals surface area contributed by atoms with E-state index in [-0.39, 0.29) is 10.6 Å². The molecule has 0 bridgehead atoms. The van der Waals surface area contributed by atoms with Gasteiger partial charge in [-0.15, -0.1) is 0 Å². The molecule has 0 saturated heterocycles. The Labute approximate surface area is 128 Å². The summed E-state index contributed by atoms with van der Waals surface area (Å²) < 4.78 is 0. The molecule has 6 heteroatoms. The van der Waals surface area contributed by atoms with Crippen molar-refractivity contribution in [2.24, 2.45) is 0 Å². The first kappa shape index (κ1) is 15.1. The number of benzene rings is 2. The zero-order valence-electron chi connectivity index (χ0n) is 11.6. The third-order valence-corrected chi connectivity index (χ3v) is 3.38. The third-order valence-electron chi connectivity index (χ3n) is 3.13. The first-order chi connectivity index (χ1) is 10.1. The van der Waals surface area contributed by atoms with Gasteiger partial charge in [0, 0.05) is 18.6 Å². The molecule has 0 atom stereocenters. The monoisotopic (exact) mass is 305 g/mol. The highest BCUT2D eigenvalue weighted by atomic mass is 35.5. The molecule has 0 heterocycles. The lowest BCUT2D eigenvalue weighted by molar-refractivity contribution is -0.383. The summed E-state index contributed by atoms with van der Waals surface area (Å²) >= 11 is 5.83. The number of rotatable bonds is 6. The molecule has 2 rings (SSSR count). The maximum Gasteiger partial charge on any atom is 0.315 e. The van der Waals surface area contributed by atoms with E-state index in [1.54, 1.807) is 25.2 Å². The second kappa shape index (κ2) is 6.95. The molecule has 0 aromatic heterocycles. The predicted octanol–water partition coefficient (Wildman–Crippen LogP) is 3.94. The lowest BCUT2D eigenvalue weighted by Gasteiger charge is -2.10. The van der Waals surface area contributed by atoms with Crippen molar-refractivity contribution in [1.82, 2.24) is 0 Å². The van der Waals surface area contributed by atoms with Crippen molar-refractivity contribution >= 4 is 28.7 Å². The molecule has 0 aliphatic carbocycles. The van der Waals surface area contributed by atoms with E-state index in [9.17, 15) is 10.1 Å². The van der Waals surface area contributed by atoms with Gasteiger partial charge in [-0.05, 0) is 36.2 Å². The van der Waals surface area contributed by atoms with Crippen LogP contribution in [0.1, 0.15) is 5.56 Å². The van der Waals surface area contributed by atoms with E-state index in [0.29, 0.717) is 22.9 Å². The van der Waals surface area contributed by atoms with Crippen molar-refractivity contribution in [3.05, 3.63) is 63.2 Å². The first-order valence-corrected chi connectivity index (χ1v) is 6.93. The maximum atomic E-state index is 11.2. The molecule has 0 unspecified atom stereocenters. The number of hydrogen-bond donors (Lipinski definition) is 2. The molecule has 0 saturated carbocycles. The van der Waals surface area contributed by atoms with Crippen molar-refractivity contribution < 1.29 is 4.92 Å². The van der Waals surface area contributed by atoms with Crippen LogP contribution in [0.3, 0.4) is 0 Å². The molecule has 0 aliphatic rings. The summed E-state index contributed by atoms with van der Waals surface area (Å²) in [6.07, 6.45) is 0.762. The van der Waals surface area contributed by atoms with Gasteiger partial charge in [-0.2, -0.15) is 0 Å². The molecule has 2 aromatic rings. The Kier molecular flexibility index (Phi) is 5.00. The van der Waals surface area contributed by atoms with Gasteiger partial charge in [0.1, 0.15) is 11.4 Å². The number of nitrogens with zero attached hydrogens (tertiary/aromatic N) is 1. The number of hydrogen-bond acceptors (Lipinski definition) is 4. The minimum atomic E-state index is -0.379. The number of para-hydroxylation sites is 1. The summed E-state index contributed by atoms with van der Waals surface area (Å²) in [4.78, 5) is 10.8. The zero-order chi connectivity index (χ0) is 15.2. The van der Waals surface area contributed by atoms with Gasteiger partial charge < -0.3 is 10.6 Å². The Morgan fingerprint density at radius 2 is 1.81 bits per heavy atom. The Hall–Kier alpha value is -2.27. The van der Waals surface area contributed by atoms with Crippen LogP contribution in [-0.4, -0.2) is 18.5 Å². The summed E-state index contributed by atoms with van der Waals surface area (Å²) in [7, 11) is 1.67. The number of nitro benzene ring substituents is 1. The van der Waals surface area contributed by atoms with Gasteiger partial charge in [0.25, 0.3) is 0 Å². The van der Waals surface area contributed by atoms with Crippen LogP contribution in [0.2, 0.25) is 5.02 Å². The SMILES string of the molecule is CNc1cccc(NCCc2ccc(Cl)cc2)c1[N+](=O)[O-]. The molecule has 2 aromatic carbocycles. The van der Waals surface area contributed by atoms with E-state index in [2.05, 4.69) is 10.6 Å². The lowest BCUT2D eigenvalue weighted by Crippen LogP contribution is -2.08. The van der Waals surface area contributed by atoms with Gasteiger partial charge in [-0.25, -0.2) is 0 Å². The van der Waals surface area contributed by atoms with Gasteiger partial charge in [0.2, 0.25) is 0 Å². The predicted molar refractivity (Wildman–Crippen MR) is 86.3 cm³/mol. The Balaban J connectivity index is 2.06. The number of nitro groups is 1. The third kappa shape index (κ3) is 3.86. The van der Waals surface area contributed by atoms with E-state index in [1.807, 2.05) is 24.3 Å². The highest BCUT2D eigenvalue weighted by Gasteiger charge is 2.18. The molecule has 2 N–H and O–H groups in total. The second-order valence-electron chi connectivity index (χ2n) is 4.51. The number of nitrogens with one attached hydrogen (secondary N) is 2. The smallest absolute Gasteiger partial charge is 0.315 e. The number of halogens is 1. The van der Waals surface area contributed by atoms with Gasteiger partial charge in [0.15, 0.2) is 0 Å². The van der Waals surface area contributed by atoms with Crippen LogP contribution in [0.4, 0.5) is 17.1 Å². The number of anilines is 2. The standard InChI is InChI=1S/C15H16ClN3O2/c1-17-13-3-2-4-14(15(13)19(20)21)18-10-9-11-5-7-12(16)8-6-11/h2-8,17-18H,9-10H2,1H3. The first-order valence-electron chi connectivity index (χ1n) is 6.55. The van der Waals surface area contributed by atoms with Crippen LogP contribution in [-0.2, 0) is 6.42 Å². The van der Waals surface area contributed by atoms with Gasteiger partial charge in [0.05, 0.1) is 4.92 Å². The van der Waals surface area contributed by atoms with Crippen LogP contribution >= 0.6 is 11.6 Å². The summed E-state index contributed by atoms with van der Waals surface area (Å²) in [5.41, 5.74) is 2.20. The van der Waals surface area contributed by atoms with Gasteiger partial charge in [-0.3, -0.25) is 10.1 Å². The van der Waals surface area contributed by atoms with E-state index in [1.165, 1.54) is 0 Å². The molecular weight excluding hydrogens is 290 g/mol. The summed E-state index contributed by atoms with van der Waals surface area (Å²) in [6, 6.07) is 12.7. The van der Waals surface area contributed by atoms with Crippen LogP contribution in [0.15, 0.2) is 42.5 Å². The molecule has 0 spiro atoms. The molecule has 0 amide bonds. The van der Waals surface area contributed by atoms with Crippen molar-refractivity contribution in [1.29, 1.82) is 0 Å². The summed E-state index contributed by atoms with van der Waals surface area (Å²) in [5, 5.41) is 17.8. The van der Waals surface area contributed by atoms with Crippen molar-refractivity contribution in [3.8, 4) is 0 Å². The molecule has 0 fully saturated rings. The lowest BCUT2D eigenvalue weighted by atomic mass is 10.1. The Bertz CT molecular complexity index is 629.